The van der Waals surface area contributed by atoms with Crippen LogP contribution in [-0.2, 0) is 11.2 Å². The molecule has 2 saturated heterocycles. The number of methoxy groups -OCH3 is 1. The number of amides is 2. The Bertz CT molecular complexity index is 1440. The van der Waals surface area contributed by atoms with Crippen molar-refractivity contribution < 1.29 is 38.3 Å². The number of aliphatic hydroxyl groups is 1. The molecule has 0 aliphatic carbocycles. The van der Waals surface area contributed by atoms with E-state index in [0.717, 1.165) is 30.2 Å². The number of ether oxygens (including phenoxy) is 2. The maximum absolute atomic E-state index is 14.1. The summed E-state index contributed by atoms with van der Waals surface area (Å²) in [6, 6.07) is 16.4. The first-order chi connectivity index (χ1) is 21.2. The molecule has 10 heteroatoms. The van der Waals surface area contributed by atoms with Gasteiger partial charge in [-0.2, -0.15) is 0 Å². The van der Waals surface area contributed by atoms with E-state index in [4.69, 9.17) is 9.47 Å². The molecule has 5 rings (SSSR count). The van der Waals surface area contributed by atoms with Crippen LogP contribution in [0.15, 0.2) is 66.7 Å². The molecule has 3 aromatic carbocycles. The molecule has 4 N–H and O–H groups in total. The summed E-state index contributed by atoms with van der Waals surface area (Å²) in [5.41, 5.74) is 1.70. The van der Waals surface area contributed by atoms with Gasteiger partial charge < -0.3 is 30.1 Å². The number of nitrogens with one attached hydrogen (secondary N) is 1. The number of nitrogens with two attached hydrogens (primary N) is 1. The molecule has 5 atom stereocenters. The molecule has 0 aromatic heterocycles. The van der Waals surface area contributed by atoms with Crippen molar-refractivity contribution in [2.24, 2.45) is 0 Å². The Morgan fingerprint density at radius 2 is 1.80 bits per heavy atom. The lowest BCUT2D eigenvalue weighted by Crippen LogP contribution is -2.90. The maximum atomic E-state index is 14.1. The second-order valence-electron chi connectivity index (χ2n) is 11.8. The van der Waals surface area contributed by atoms with Gasteiger partial charge in [-0.05, 0) is 79.8 Å². The van der Waals surface area contributed by atoms with Crippen molar-refractivity contribution in [1.82, 2.24) is 10.2 Å². The summed E-state index contributed by atoms with van der Waals surface area (Å²) >= 11 is 0. The van der Waals surface area contributed by atoms with Crippen LogP contribution in [0.5, 0.6) is 5.75 Å². The van der Waals surface area contributed by atoms with E-state index in [9.17, 15) is 23.5 Å². The van der Waals surface area contributed by atoms with Gasteiger partial charge in [-0.1, -0.05) is 18.2 Å². The highest BCUT2D eigenvalue weighted by molar-refractivity contribution is 6.00. The molecule has 0 radical (unpaired) electrons. The van der Waals surface area contributed by atoms with Crippen molar-refractivity contribution in [3.63, 3.8) is 0 Å². The average molecular weight is 609 g/mol. The summed E-state index contributed by atoms with van der Waals surface area (Å²) < 4.78 is 39.5. The van der Waals surface area contributed by atoms with Gasteiger partial charge in [0.05, 0.1) is 18.7 Å². The minimum atomic E-state index is -1.06. The van der Waals surface area contributed by atoms with Crippen LogP contribution < -0.4 is 15.4 Å². The highest BCUT2D eigenvalue weighted by Gasteiger charge is 2.39. The number of hydrogen-bond acceptors (Lipinski definition) is 5. The molecule has 2 aliphatic heterocycles. The lowest BCUT2D eigenvalue weighted by atomic mass is 9.94. The average Bonchev–Trinajstić information content (AvgIpc) is 3.66. The van der Waals surface area contributed by atoms with Crippen molar-refractivity contribution in [3.8, 4) is 5.75 Å². The van der Waals surface area contributed by atoms with E-state index in [1.165, 1.54) is 12.1 Å². The Morgan fingerprint density at radius 3 is 2.52 bits per heavy atom. The second-order valence-corrected chi connectivity index (χ2v) is 11.8. The molecule has 2 fully saturated rings. The van der Waals surface area contributed by atoms with Gasteiger partial charge in [0.25, 0.3) is 11.8 Å². The summed E-state index contributed by atoms with van der Waals surface area (Å²) in [6.45, 7) is 3.48. The van der Waals surface area contributed by atoms with Crippen LogP contribution >= 0.6 is 0 Å². The molecule has 0 unspecified atom stereocenters. The van der Waals surface area contributed by atoms with Gasteiger partial charge in [0, 0.05) is 37.3 Å². The van der Waals surface area contributed by atoms with Gasteiger partial charge in [0.2, 0.25) is 0 Å². The minimum Gasteiger partial charge on any atom is -0.484 e. The standard InChI is InChI=1S/C34H39F2N3O5/c1-21-11-23(16-24(12-21)34(42)39-10-6-7-27(39)20-43-2)33(41)38-31(15-22-13-25(35)17-26(36)14-22)32(40)30-18-29(19-37-30)44-28-8-4-3-5-9-28/h3-5,8-9,11-14,16-17,27,29-32,37,40H,6-7,10,15,18-20H2,1-2H3,(H,38,41)/p+1/t27-,29-,30-,31+,32-/m1/s1. The number of halogens is 2. The van der Waals surface area contributed by atoms with Crippen LogP contribution in [0.3, 0.4) is 0 Å². The summed E-state index contributed by atoms with van der Waals surface area (Å²) in [5.74, 6) is -1.40. The predicted molar refractivity (Wildman–Crippen MR) is 160 cm³/mol. The van der Waals surface area contributed by atoms with Gasteiger partial charge in [-0.3, -0.25) is 9.59 Å². The number of quaternary nitrogens is 1. The number of aliphatic hydroxyl groups excluding tert-OH is 1. The third-order valence-electron chi connectivity index (χ3n) is 8.41. The zero-order valence-electron chi connectivity index (χ0n) is 25.0. The second kappa shape index (κ2) is 14.3. The van der Waals surface area contributed by atoms with Crippen molar-refractivity contribution in [2.75, 3.05) is 26.8 Å². The minimum absolute atomic E-state index is 0.000213. The summed E-state index contributed by atoms with van der Waals surface area (Å²) in [7, 11) is 1.61. The number of carbonyl (C=O) groups is 2. The molecule has 0 saturated carbocycles. The highest BCUT2D eigenvalue weighted by atomic mass is 19.1. The lowest BCUT2D eigenvalue weighted by Gasteiger charge is -2.27. The fraction of sp³-hybridized carbons (Fsp3) is 0.412. The first-order valence-electron chi connectivity index (χ1n) is 15.1. The number of benzene rings is 3. The first kappa shape index (κ1) is 31.6. The zero-order chi connectivity index (χ0) is 31.2. The quantitative estimate of drug-likeness (QED) is 0.311. The molecule has 2 aliphatic rings. The lowest BCUT2D eigenvalue weighted by molar-refractivity contribution is -0.679. The van der Waals surface area contributed by atoms with E-state index >= 15 is 0 Å². The SMILES string of the molecule is COC[C@H]1CCCN1C(=O)c1cc(C)cc(C(=O)N[C@@H](Cc2cc(F)cc(F)c2)[C@H](O)[C@H]2C[C@@H](Oc3ccccc3)C[NH2+]2)c1. The Hall–Kier alpha value is -3.86. The third-order valence-corrected chi connectivity index (χ3v) is 8.41. The van der Waals surface area contributed by atoms with Crippen molar-refractivity contribution >= 4 is 11.8 Å². The smallest absolute Gasteiger partial charge is 0.254 e. The fourth-order valence-corrected chi connectivity index (χ4v) is 6.35. The molecule has 0 spiro atoms. The van der Waals surface area contributed by atoms with Crippen LogP contribution in [0.1, 0.15) is 51.1 Å². The van der Waals surface area contributed by atoms with E-state index < -0.39 is 29.7 Å². The van der Waals surface area contributed by atoms with E-state index in [-0.39, 0.29) is 36.1 Å². The molecule has 44 heavy (non-hydrogen) atoms. The number of rotatable bonds is 11. The summed E-state index contributed by atoms with van der Waals surface area (Å²) in [5, 5.41) is 16.4. The molecular formula is C34H40F2N3O5+. The van der Waals surface area contributed by atoms with Crippen LogP contribution in [0.25, 0.3) is 0 Å². The summed E-state index contributed by atoms with van der Waals surface area (Å²) in [4.78, 5) is 28.9. The molecule has 8 nitrogen and oxygen atoms in total. The molecule has 3 aromatic rings. The Morgan fingerprint density at radius 1 is 1.07 bits per heavy atom. The van der Waals surface area contributed by atoms with E-state index in [1.54, 1.807) is 30.2 Å². The van der Waals surface area contributed by atoms with Crippen LogP contribution in [0, 0.1) is 18.6 Å². The number of aryl methyl sites for hydroxylation is 1. The number of nitrogens with zero attached hydrogens (tertiary/aromatic N) is 1. The number of likely N-dealkylation sites (tertiary alicyclic amines) is 1. The molecule has 2 amide bonds. The Balaban J connectivity index is 1.34. The van der Waals surface area contributed by atoms with Crippen LogP contribution in [0.4, 0.5) is 8.78 Å². The predicted octanol–water partition coefficient (Wildman–Crippen LogP) is 3.01. The largest absolute Gasteiger partial charge is 0.484 e. The third kappa shape index (κ3) is 7.80. The zero-order valence-corrected chi connectivity index (χ0v) is 25.0. The van der Waals surface area contributed by atoms with Gasteiger partial charge in [-0.15, -0.1) is 0 Å². The van der Waals surface area contributed by atoms with Gasteiger partial charge in [0.1, 0.15) is 36.1 Å². The fourth-order valence-electron chi connectivity index (χ4n) is 6.35. The van der Waals surface area contributed by atoms with Gasteiger partial charge in [-0.25, -0.2) is 8.78 Å². The molecule has 0 bridgehead atoms. The number of hydrogen-bond donors (Lipinski definition) is 3. The van der Waals surface area contributed by atoms with Gasteiger partial charge in [0.15, 0.2) is 6.10 Å². The number of para-hydroxylation sites is 1. The topological polar surface area (TPSA) is 105 Å². The maximum Gasteiger partial charge on any atom is 0.254 e. The van der Waals surface area contributed by atoms with Crippen molar-refractivity contribution in [2.45, 2.75) is 62.9 Å². The first-order valence-corrected chi connectivity index (χ1v) is 15.1. The molecular weight excluding hydrogens is 568 g/mol. The van der Waals surface area contributed by atoms with E-state index in [0.29, 0.717) is 37.2 Å². The number of carbonyl (C=O) groups excluding carboxylic acids is 2. The van der Waals surface area contributed by atoms with E-state index in [1.807, 2.05) is 42.6 Å². The van der Waals surface area contributed by atoms with Crippen LogP contribution in [-0.4, -0.2) is 79.0 Å². The van der Waals surface area contributed by atoms with E-state index in [2.05, 4.69) is 5.32 Å². The highest BCUT2D eigenvalue weighted by Crippen LogP contribution is 2.23. The molecule has 234 valence electrons. The Kier molecular flexibility index (Phi) is 10.2. The summed E-state index contributed by atoms with van der Waals surface area (Å²) in [6.07, 6.45) is 1.04. The van der Waals surface area contributed by atoms with Crippen molar-refractivity contribution in [3.05, 3.63) is 101 Å². The van der Waals surface area contributed by atoms with Crippen molar-refractivity contribution in [1.29, 1.82) is 0 Å². The van der Waals surface area contributed by atoms with Crippen LogP contribution in [0.2, 0.25) is 0 Å². The monoisotopic (exact) mass is 608 g/mol. The molecule has 2 heterocycles. The van der Waals surface area contributed by atoms with Gasteiger partial charge >= 0.3 is 0 Å². The normalized spacial score (nSPS) is 21.2. The Labute approximate surface area is 256 Å².